The van der Waals surface area contributed by atoms with Crippen molar-refractivity contribution in [1.82, 2.24) is 5.32 Å². The number of hydrogen-bond acceptors (Lipinski definition) is 4. The highest BCUT2D eigenvalue weighted by atomic mass is 32.2. The van der Waals surface area contributed by atoms with Gasteiger partial charge in [0.15, 0.2) is 5.17 Å². The van der Waals surface area contributed by atoms with Crippen LogP contribution in [0.25, 0.3) is 6.08 Å². The molecule has 0 radical (unpaired) electrons. The standard InChI is InChI=1S/C17H13N3OS/c21-16-15(11-13-7-3-1-4-8-13)22-17(19-16)20-18-12-14-9-5-2-6-10-14/h1-12H,(H,19,20,21)/b15-11-,18-12+. The summed E-state index contributed by atoms with van der Waals surface area (Å²) in [5, 5.41) is 11.2. The maximum atomic E-state index is 11.9. The Kier molecular flexibility index (Phi) is 4.46. The van der Waals surface area contributed by atoms with E-state index in [2.05, 4.69) is 15.5 Å². The molecule has 0 aromatic heterocycles. The molecule has 1 N–H and O–H groups in total. The summed E-state index contributed by atoms with van der Waals surface area (Å²) in [6, 6.07) is 19.4. The molecule has 2 aromatic rings. The SMILES string of the molecule is O=C1N/C(=N\N=C\c2ccccc2)S/C1=C\c1ccccc1. The highest BCUT2D eigenvalue weighted by molar-refractivity contribution is 8.18. The summed E-state index contributed by atoms with van der Waals surface area (Å²) in [7, 11) is 0. The van der Waals surface area contributed by atoms with Crippen LogP contribution in [-0.4, -0.2) is 17.3 Å². The number of amidine groups is 1. The first-order valence-electron chi connectivity index (χ1n) is 6.73. The Balaban J connectivity index is 1.71. The van der Waals surface area contributed by atoms with Crippen LogP contribution in [0.4, 0.5) is 0 Å². The summed E-state index contributed by atoms with van der Waals surface area (Å²) in [5.74, 6) is -0.150. The monoisotopic (exact) mass is 307 g/mol. The molecule has 0 atom stereocenters. The van der Waals surface area contributed by atoms with Crippen LogP contribution < -0.4 is 5.32 Å². The van der Waals surface area contributed by atoms with Gasteiger partial charge in [0.25, 0.3) is 5.91 Å². The van der Waals surface area contributed by atoms with Gasteiger partial charge >= 0.3 is 0 Å². The molecule has 0 aliphatic carbocycles. The van der Waals surface area contributed by atoms with Crippen molar-refractivity contribution < 1.29 is 4.79 Å². The summed E-state index contributed by atoms with van der Waals surface area (Å²) in [4.78, 5) is 12.5. The summed E-state index contributed by atoms with van der Waals surface area (Å²) >= 11 is 1.29. The van der Waals surface area contributed by atoms with E-state index in [0.717, 1.165) is 11.1 Å². The van der Waals surface area contributed by atoms with Crippen molar-refractivity contribution in [1.29, 1.82) is 0 Å². The third kappa shape index (κ3) is 3.71. The second-order valence-electron chi connectivity index (χ2n) is 4.54. The van der Waals surface area contributed by atoms with Crippen molar-refractivity contribution in [3.63, 3.8) is 0 Å². The minimum absolute atomic E-state index is 0.150. The maximum absolute atomic E-state index is 11.9. The molecule has 0 bridgehead atoms. The van der Waals surface area contributed by atoms with E-state index < -0.39 is 0 Å². The zero-order valence-corrected chi connectivity index (χ0v) is 12.5. The van der Waals surface area contributed by atoms with Gasteiger partial charge in [-0.05, 0) is 29.0 Å². The highest BCUT2D eigenvalue weighted by Gasteiger charge is 2.23. The topological polar surface area (TPSA) is 53.8 Å². The van der Waals surface area contributed by atoms with Crippen LogP contribution in [0.3, 0.4) is 0 Å². The van der Waals surface area contributed by atoms with E-state index in [-0.39, 0.29) is 5.91 Å². The van der Waals surface area contributed by atoms with Gasteiger partial charge in [0.2, 0.25) is 0 Å². The molecule has 1 amide bonds. The zero-order chi connectivity index (χ0) is 15.2. The van der Waals surface area contributed by atoms with Gasteiger partial charge in [0.1, 0.15) is 0 Å². The average molecular weight is 307 g/mol. The van der Waals surface area contributed by atoms with E-state index in [1.165, 1.54) is 11.8 Å². The lowest BCUT2D eigenvalue weighted by molar-refractivity contribution is -0.115. The Bertz CT molecular complexity index is 752. The van der Waals surface area contributed by atoms with Gasteiger partial charge < -0.3 is 0 Å². The number of thioether (sulfide) groups is 1. The molecule has 108 valence electrons. The molecule has 22 heavy (non-hydrogen) atoms. The van der Waals surface area contributed by atoms with Gasteiger partial charge in [-0.25, -0.2) is 0 Å². The van der Waals surface area contributed by atoms with Gasteiger partial charge in [-0.15, -0.1) is 5.10 Å². The van der Waals surface area contributed by atoms with Gasteiger partial charge in [-0.2, -0.15) is 5.10 Å². The molecule has 1 fully saturated rings. The fourth-order valence-corrected chi connectivity index (χ4v) is 2.64. The second-order valence-corrected chi connectivity index (χ2v) is 5.57. The quantitative estimate of drug-likeness (QED) is 0.537. The van der Waals surface area contributed by atoms with Crippen LogP contribution in [0.2, 0.25) is 0 Å². The summed E-state index contributed by atoms with van der Waals surface area (Å²) in [5.41, 5.74) is 1.94. The first kappa shape index (κ1) is 14.3. The Labute approximate surface area is 132 Å². The molecule has 2 aromatic carbocycles. The number of carbonyl (C=O) groups is 1. The smallest absolute Gasteiger partial charge is 0.264 e. The van der Waals surface area contributed by atoms with Crippen molar-refractivity contribution >= 4 is 35.1 Å². The zero-order valence-electron chi connectivity index (χ0n) is 11.6. The summed E-state index contributed by atoms with van der Waals surface area (Å²) < 4.78 is 0. The molecule has 4 nitrogen and oxygen atoms in total. The normalized spacial score (nSPS) is 18.3. The minimum Gasteiger partial charge on any atom is -0.299 e. The lowest BCUT2D eigenvalue weighted by Crippen LogP contribution is -2.19. The number of carbonyl (C=O) groups excluding carboxylic acids is 1. The van der Waals surface area contributed by atoms with Crippen molar-refractivity contribution in [3.8, 4) is 0 Å². The van der Waals surface area contributed by atoms with Crippen molar-refractivity contribution in [3.05, 3.63) is 76.7 Å². The largest absolute Gasteiger partial charge is 0.299 e. The van der Waals surface area contributed by atoms with Crippen LogP contribution in [0.15, 0.2) is 75.8 Å². The maximum Gasteiger partial charge on any atom is 0.264 e. The second kappa shape index (κ2) is 6.87. The molecule has 3 rings (SSSR count). The van der Waals surface area contributed by atoms with E-state index in [0.29, 0.717) is 10.1 Å². The molecule has 0 saturated carbocycles. The molecular weight excluding hydrogens is 294 g/mol. The Morgan fingerprint density at radius 1 is 0.909 bits per heavy atom. The molecule has 0 unspecified atom stereocenters. The van der Waals surface area contributed by atoms with E-state index in [4.69, 9.17) is 0 Å². The number of benzene rings is 2. The van der Waals surface area contributed by atoms with E-state index >= 15 is 0 Å². The first-order chi connectivity index (χ1) is 10.8. The third-order valence-electron chi connectivity index (χ3n) is 2.90. The molecule has 1 aliphatic rings. The third-order valence-corrected chi connectivity index (χ3v) is 3.80. The summed E-state index contributed by atoms with van der Waals surface area (Å²) in [6.07, 6.45) is 3.49. The summed E-state index contributed by atoms with van der Waals surface area (Å²) in [6.45, 7) is 0. The van der Waals surface area contributed by atoms with Crippen LogP contribution in [0, 0.1) is 0 Å². The predicted octanol–water partition coefficient (Wildman–Crippen LogP) is 3.28. The van der Waals surface area contributed by atoms with Gasteiger partial charge in [0, 0.05) is 0 Å². The highest BCUT2D eigenvalue weighted by Crippen LogP contribution is 2.25. The lowest BCUT2D eigenvalue weighted by atomic mass is 10.2. The van der Waals surface area contributed by atoms with Crippen LogP contribution in [-0.2, 0) is 4.79 Å². The molecule has 1 heterocycles. The van der Waals surface area contributed by atoms with E-state index in [9.17, 15) is 4.79 Å². The molecular formula is C17H13N3OS. The number of nitrogens with zero attached hydrogens (tertiary/aromatic N) is 2. The fourth-order valence-electron chi connectivity index (χ4n) is 1.86. The van der Waals surface area contributed by atoms with Crippen molar-refractivity contribution in [2.45, 2.75) is 0 Å². The minimum atomic E-state index is -0.150. The van der Waals surface area contributed by atoms with Crippen molar-refractivity contribution in [2.75, 3.05) is 0 Å². The molecule has 1 saturated heterocycles. The Hall–Kier alpha value is -2.66. The Morgan fingerprint density at radius 2 is 1.55 bits per heavy atom. The number of nitrogens with one attached hydrogen (secondary N) is 1. The van der Waals surface area contributed by atoms with Crippen LogP contribution >= 0.6 is 11.8 Å². The van der Waals surface area contributed by atoms with E-state index in [1.54, 1.807) is 6.21 Å². The van der Waals surface area contributed by atoms with Crippen LogP contribution in [0.1, 0.15) is 11.1 Å². The fraction of sp³-hybridized carbons (Fsp3) is 0. The molecule has 0 spiro atoms. The molecule has 1 aliphatic heterocycles. The average Bonchev–Trinajstić information content (AvgIpc) is 2.89. The van der Waals surface area contributed by atoms with Gasteiger partial charge in [-0.1, -0.05) is 60.7 Å². The predicted molar refractivity (Wildman–Crippen MR) is 91.6 cm³/mol. The van der Waals surface area contributed by atoms with Crippen molar-refractivity contribution in [2.24, 2.45) is 10.2 Å². The number of rotatable bonds is 3. The Morgan fingerprint density at radius 3 is 2.23 bits per heavy atom. The molecule has 5 heteroatoms. The van der Waals surface area contributed by atoms with E-state index in [1.807, 2.05) is 66.7 Å². The number of amides is 1. The number of hydrogen-bond donors (Lipinski definition) is 1. The van der Waals surface area contributed by atoms with Crippen LogP contribution in [0.5, 0.6) is 0 Å². The lowest BCUT2D eigenvalue weighted by Gasteiger charge is -1.92. The van der Waals surface area contributed by atoms with Gasteiger partial charge in [-0.3, -0.25) is 10.1 Å². The van der Waals surface area contributed by atoms with Gasteiger partial charge in [0.05, 0.1) is 11.1 Å². The first-order valence-corrected chi connectivity index (χ1v) is 7.55.